The second kappa shape index (κ2) is 9.50. The van der Waals surface area contributed by atoms with Gasteiger partial charge in [-0.05, 0) is 35.9 Å². The number of halogens is 3. The minimum Gasteiger partial charge on any atom is -0.368 e. The van der Waals surface area contributed by atoms with Gasteiger partial charge in [0.15, 0.2) is 0 Å². The average molecular weight is 497 g/mol. The summed E-state index contributed by atoms with van der Waals surface area (Å²) < 4.78 is 41.2. The first-order valence-electron chi connectivity index (χ1n) is 11.2. The van der Waals surface area contributed by atoms with Crippen LogP contribution < -0.4 is 10.2 Å². The number of nitrogens with zero attached hydrogens (tertiary/aromatic N) is 3. The summed E-state index contributed by atoms with van der Waals surface area (Å²) in [6.07, 6.45) is -0.496. The number of carbonyl (C=O) groups excluding carboxylic acids is 1. The summed E-state index contributed by atoms with van der Waals surface area (Å²) in [6.45, 7) is 1.74. The zero-order valence-electron chi connectivity index (χ0n) is 18.7. The summed E-state index contributed by atoms with van der Waals surface area (Å²) in [4.78, 5) is 16.7. The van der Waals surface area contributed by atoms with E-state index in [4.69, 9.17) is 0 Å². The fourth-order valence-corrected chi connectivity index (χ4v) is 5.18. The first kappa shape index (κ1) is 23.0. The number of carbonyl (C=O) groups is 1. The predicted molar refractivity (Wildman–Crippen MR) is 133 cm³/mol. The Labute approximate surface area is 205 Å². The van der Waals surface area contributed by atoms with Crippen LogP contribution in [0.3, 0.4) is 0 Å². The van der Waals surface area contributed by atoms with Gasteiger partial charge in [-0.3, -0.25) is 5.32 Å². The van der Waals surface area contributed by atoms with Crippen LogP contribution in [0.2, 0.25) is 0 Å². The monoisotopic (exact) mass is 496 g/mol. The molecule has 1 N–H and O–H groups in total. The largest absolute Gasteiger partial charge is 0.416 e. The lowest BCUT2D eigenvalue weighted by molar-refractivity contribution is -0.137. The first-order chi connectivity index (χ1) is 16.9. The van der Waals surface area contributed by atoms with Gasteiger partial charge in [-0.2, -0.15) is 13.2 Å². The summed E-state index contributed by atoms with van der Waals surface area (Å²) in [7, 11) is 0. The molecule has 0 unspecified atom stereocenters. The Hall–Kier alpha value is -3.72. The van der Waals surface area contributed by atoms with Gasteiger partial charge in [0.2, 0.25) is 0 Å². The SMILES string of the molecule is O=C(Nc1scc(-c2ccccc2)c1-n1cccc1)N1CCN(c2cccc(C(F)(F)F)c2)CC1. The van der Waals surface area contributed by atoms with E-state index >= 15 is 0 Å². The fourth-order valence-electron chi connectivity index (χ4n) is 4.23. The van der Waals surface area contributed by atoms with Crippen LogP contribution in [-0.2, 0) is 6.18 Å². The molecule has 1 fully saturated rings. The smallest absolute Gasteiger partial charge is 0.368 e. The molecule has 5 nitrogen and oxygen atoms in total. The number of benzene rings is 2. The Morgan fingerprint density at radius 2 is 1.60 bits per heavy atom. The van der Waals surface area contributed by atoms with Crippen LogP contribution in [0.25, 0.3) is 16.8 Å². The van der Waals surface area contributed by atoms with Gasteiger partial charge >= 0.3 is 12.2 Å². The van der Waals surface area contributed by atoms with E-state index in [1.54, 1.807) is 11.0 Å². The molecule has 2 amide bonds. The van der Waals surface area contributed by atoms with Gasteiger partial charge in [0.05, 0.1) is 11.3 Å². The Morgan fingerprint density at radius 3 is 2.29 bits per heavy atom. The van der Waals surface area contributed by atoms with Crippen molar-refractivity contribution in [2.24, 2.45) is 0 Å². The summed E-state index contributed by atoms with van der Waals surface area (Å²) in [6, 6.07) is 19.0. The van der Waals surface area contributed by atoms with Crippen LogP contribution in [0.5, 0.6) is 0 Å². The molecule has 2 aromatic carbocycles. The minimum atomic E-state index is -4.38. The van der Waals surface area contributed by atoms with Crippen LogP contribution in [0, 0.1) is 0 Å². The molecule has 1 saturated heterocycles. The van der Waals surface area contributed by atoms with Crippen molar-refractivity contribution in [2.45, 2.75) is 6.18 Å². The van der Waals surface area contributed by atoms with Gasteiger partial charge in [0, 0.05) is 55.2 Å². The molecule has 0 radical (unpaired) electrons. The molecule has 0 spiro atoms. The van der Waals surface area contributed by atoms with Crippen molar-refractivity contribution in [3.8, 4) is 16.8 Å². The van der Waals surface area contributed by atoms with Crippen molar-refractivity contribution in [2.75, 3.05) is 36.4 Å². The highest BCUT2D eigenvalue weighted by Gasteiger charge is 2.31. The Kier molecular flexibility index (Phi) is 6.25. The molecule has 35 heavy (non-hydrogen) atoms. The molecule has 9 heteroatoms. The normalized spacial score (nSPS) is 14.3. The number of hydrogen-bond acceptors (Lipinski definition) is 3. The van der Waals surface area contributed by atoms with Crippen LogP contribution in [0.4, 0.5) is 28.7 Å². The highest BCUT2D eigenvalue weighted by atomic mass is 32.1. The lowest BCUT2D eigenvalue weighted by atomic mass is 10.1. The average Bonchev–Trinajstić information content (AvgIpc) is 3.54. The zero-order valence-corrected chi connectivity index (χ0v) is 19.5. The van der Waals surface area contributed by atoms with Gasteiger partial charge in [-0.25, -0.2) is 4.79 Å². The molecule has 4 aromatic rings. The summed E-state index contributed by atoms with van der Waals surface area (Å²) in [5.74, 6) is 0. The minimum absolute atomic E-state index is 0.219. The summed E-state index contributed by atoms with van der Waals surface area (Å²) in [5, 5.41) is 5.83. The standard InChI is InChI=1S/C26H23F3N4OS/c27-26(28,29)20-9-6-10-21(17-20)31-13-15-33(16-14-31)25(34)30-24-23(32-11-4-5-12-32)22(18-35-24)19-7-2-1-3-8-19/h1-12,17-18H,13-16H2,(H,30,34). The molecular weight excluding hydrogens is 473 g/mol. The Morgan fingerprint density at radius 1 is 0.886 bits per heavy atom. The third-order valence-electron chi connectivity index (χ3n) is 6.04. The second-order valence-electron chi connectivity index (χ2n) is 8.24. The molecule has 0 aliphatic carbocycles. The number of alkyl halides is 3. The van der Waals surface area contributed by atoms with Gasteiger partial charge in [-0.15, -0.1) is 11.3 Å². The van der Waals surface area contributed by atoms with Crippen molar-refractivity contribution in [1.82, 2.24) is 9.47 Å². The van der Waals surface area contributed by atoms with E-state index < -0.39 is 11.7 Å². The van der Waals surface area contributed by atoms with Crippen LogP contribution in [0.1, 0.15) is 5.56 Å². The van der Waals surface area contributed by atoms with Crippen LogP contribution >= 0.6 is 11.3 Å². The molecule has 1 aliphatic rings. The number of nitrogens with one attached hydrogen (secondary N) is 1. The molecule has 1 aliphatic heterocycles. The number of hydrogen-bond donors (Lipinski definition) is 1. The van der Waals surface area contributed by atoms with Crippen molar-refractivity contribution >= 4 is 28.1 Å². The van der Waals surface area contributed by atoms with Crippen LogP contribution in [-0.4, -0.2) is 41.7 Å². The number of thiophene rings is 1. The molecule has 180 valence electrons. The first-order valence-corrected chi connectivity index (χ1v) is 12.1. The Balaban J connectivity index is 1.30. The third kappa shape index (κ3) is 4.90. The van der Waals surface area contributed by atoms with E-state index in [-0.39, 0.29) is 6.03 Å². The highest BCUT2D eigenvalue weighted by Crippen LogP contribution is 2.39. The quantitative estimate of drug-likeness (QED) is 0.347. The highest BCUT2D eigenvalue weighted by molar-refractivity contribution is 7.15. The maximum atomic E-state index is 13.1. The van der Waals surface area contributed by atoms with Crippen molar-refractivity contribution in [1.29, 1.82) is 0 Å². The van der Waals surface area contributed by atoms with E-state index in [0.717, 1.165) is 33.9 Å². The van der Waals surface area contributed by atoms with E-state index in [9.17, 15) is 18.0 Å². The molecule has 0 bridgehead atoms. The number of piperazine rings is 1. The predicted octanol–water partition coefficient (Wildman–Crippen LogP) is 6.58. The van der Waals surface area contributed by atoms with Gasteiger partial charge in [-0.1, -0.05) is 36.4 Å². The number of anilines is 2. The lowest BCUT2D eigenvalue weighted by Crippen LogP contribution is -2.50. The summed E-state index contributed by atoms with van der Waals surface area (Å²) >= 11 is 1.47. The number of amides is 2. The van der Waals surface area contributed by atoms with Gasteiger partial charge < -0.3 is 14.4 Å². The number of rotatable bonds is 4. The number of urea groups is 1. The molecular formula is C26H23F3N4OS. The van der Waals surface area contributed by atoms with Crippen molar-refractivity contribution in [3.05, 3.63) is 90.1 Å². The van der Waals surface area contributed by atoms with E-state index in [1.165, 1.54) is 17.4 Å². The molecule has 0 saturated carbocycles. The van der Waals surface area contributed by atoms with Crippen molar-refractivity contribution in [3.63, 3.8) is 0 Å². The lowest BCUT2D eigenvalue weighted by Gasteiger charge is -2.36. The van der Waals surface area contributed by atoms with Gasteiger partial charge in [0.1, 0.15) is 5.00 Å². The topological polar surface area (TPSA) is 40.5 Å². The van der Waals surface area contributed by atoms with Crippen molar-refractivity contribution < 1.29 is 18.0 Å². The molecule has 3 heterocycles. The third-order valence-corrected chi connectivity index (χ3v) is 6.92. The maximum absolute atomic E-state index is 13.1. The second-order valence-corrected chi connectivity index (χ2v) is 9.12. The molecule has 0 atom stereocenters. The van der Waals surface area contributed by atoms with E-state index in [1.807, 2.05) is 69.7 Å². The molecule has 5 rings (SSSR count). The fraction of sp³-hybridized carbons (Fsp3) is 0.192. The van der Waals surface area contributed by atoms with E-state index in [2.05, 4.69) is 5.32 Å². The zero-order chi connectivity index (χ0) is 24.4. The summed E-state index contributed by atoms with van der Waals surface area (Å²) in [5.41, 5.74) is 2.83. The number of aromatic nitrogens is 1. The molecule has 2 aromatic heterocycles. The van der Waals surface area contributed by atoms with Crippen LogP contribution in [0.15, 0.2) is 84.5 Å². The maximum Gasteiger partial charge on any atom is 0.416 e. The van der Waals surface area contributed by atoms with E-state index in [0.29, 0.717) is 31.9 Å². The Bertz CT molecular complexity index is 1290. The van der Waals surface area contributed by atoms with Gasteiger partial charge in [0.25, 0.3) is 0 Å².